The number of aliphatic hydroxyl groups excluding tert-OH is 1. The fourth-order valence-corrected chi connectivity index (χ4v) is 4.22. The minimum absolute atomic E-state index is 0. The molecule has 1 aliphatic heterocycles. The first kappa shape index (κ1) is 24.8. The molecule has 0 amide bonds. The third-order valence-corrected chi connectivity index (χ3v) is 6.10. The second-order valence-electron chi connectivity index (χ2n) is 7.79. The highest BCUT2D eigenvalue weighted by molar-refractivity contribution is 6.32. The Morgan fingerprint density at radius 1 is 1.21 bits per heavy atom. The maximum atomic E-state index is 11.4. The summed E-state index contributed by atoms with van der Waals surface area (Å²) in [6.45, 7) is 2.11. The Kier molecular flexibility index (Phi) is 8.12. The predicted molar refractivity (Wildman–Crippen MR) is 131 cm³/mol. The number of methoxy groups -OCH3 is 1. The molecule has 0 aliphatic carbocycles. The van der Waals surface area contributed by atoms with Gasteiger partial charge in [-0.15, -0.1) is 22.6 Å². The number of nitrogens with one attached hydrogen (secondary N) is 1. The van der Waals surface area contributed by atoms with E-state index in [4.69, 9.17) is 16.3 Å². The zero-order valence-electron chi connectivity index (χ0n) is 18.0. The summed E-state index contributed by atoms with van der Waals surface area (Å²) in [5.41, 5.74) is 0.900. The molecular weight excluding hydrogens is 469 g/mol. The molecule has 1 fully saturated rings. The molecule has 3 aromatic rings. The standard InChI is InChI=1S/C22H24ClN5O4.ClH/c1-32-20-5-2-15(10-19(20)23)12-24-21-18-11-16(28(30)31)3-4-17(18)22(26-25-21)27-8-6-14(13-29)7-9-27;/h2-5,10-11,14,29H,6-9,12-13H2,1H3,(H,24,25);1H. The normalized spacial score (nSPS) is 14.1. The molecule has 33 heavy (non-hydrogen) atoms. The summed E-state index contributed by atoms with van der Waals surface area (Å²) in [4.78, 5) is 13.1. The molecule has 0 spiro atoms. The van der Waals surface area contributed by atoms with Crippen LogP contribution in [0, 0.1) is 16.0 Å². The molecule has 0 radical (unpaired) electrons. The number of aromatic nitrogens is 2. The van der Waals surface area contributed by atoms with Gasteiger partial charge in [-0.3, -0.25) is 10.1 Å². The van der Waals surface area contributed by atoms with Gasteiger partial charge in [0.1, 0.15) is 5.75 Å². The van der Waals surface area contributed by atoms with Gasteiger partial charge < -0.3 is 20.1 Å². The highest BCUT2D eigenvalue weighted by Gasteiger charge is 2.23. The van der Waals surface area contributed by atoms with Gasteiger partial charge in [-0.1, -0.05) is 17.7 Å². The van der Waals surface area contributed by atoms with Gasteiger partial charge in [0.05, 0.1) is 17.1 Å². The van der Waals surface area contributed by atoms with Crippen LogP contribution in [0.2, 0.25) is 5.02 Å². The Morgan fingerprint density at radius 3 is 2.61 bits per heavy atom. The van der Waals surface area contributed by atoms with Crippen LogP contribution < -0.4 is 15.0 Å². The minimum atomic E-state index is -0.417. The van der Waals surface area contributed by atoms with E-state index >= 15 is 0 Å². The monoisotopic (exact) mass is 493 g/mol. The van der Waals surface area contributed by atoms with E-state index in [-0.39, 0.29) is 24.7 Å². The Labute approximate surface area is 202 Å². The van der Waals surface area contributed by atoms with Crippen molar-refractivity contribution in [2.45, 2.75) is 19.4 Å². The van der Waals surface area contributed by atoms with E-state index in [1.165, 1.54) is 12.1 Å². The van der Waals surface area contributed by atoms with Crippen molar-refractivity contribution in [3.8, 4) is 5.75 Å². The maximum Gasteiger partial charge on any atom is 0.270 e. The van der Waals surface area contributed by atoms with Crippen LogP contribution in [0.3, 0.4) is 0 Å². The van der Waals surface area contributed by atoms with Crippen LogP contribution in [-0.4, -0.2) is 47.0 Å². The zero-order chi connectivity index (χ0) is 22.7. The van der Waals surface area contributed by atoms with Crippen LogP contribution >= 0.6 is 24.0 Å². The lowest BCUT2D eigenvalue weighted by Crippen LogP contribution is -2.35. The highest BCUT2D eigenvalue weighted by atomic mass is 35.5. The van der Waals surface area contributed by atoms with E-state index in [1.807, 2.05) is 6.07 Å². The highest BCUT2D eigenvalue weighted by Crippen LogP contribution is 2.34. The second-order valence-corrected chi connectivity index (χ2v) is 8.20. The molecule has 11 heteroatoms. The fourth-order valence-electron chi connectivity index (χ4n) is 3.94. The number of fused-ring (bicyclic) bond motifs is 1. The maximum absolute atomic E-state index is 11.4. The van der Waals surface area contributed by atoms with Gasteiger partial charge in [-0.05, 0) is 42.5 Å². The number of aliphatic hydroxyl groups is 1. The Balaban J connectivity index is 0.00000306. The molecule has 1 aromatic heterocycles. The molecule has 176 valence electrons. The number of ether oxygens (including phenoxy) is 1. The van der Waals surface area contributed by atoms with E-state index in [0.717, 1.165) is 36.9 Å². The van der Waals surface area contributed by atoms with Gasteiger partial charge in [0.15, 0.2) is 11.6 Å². The molecule has 2 heterocycles. The second kappa shape index (κ2) is 10.8. The average Bonchev–Trinajstić information content (AvgIpc) is 2.82. The number of halogens is 2. The van der Waals surface area contributed by atoms with Crippen molar-refractivity contribution in [2.24, 2.45) is 5.92 Å². The van der Waals surface area contributed by atoms with E-state index in [9.17, 15) is 15.2 Å². The van der Waals surface area contributed by atoms with E-state index < -0.39 is 4.92 Å². The number of non-ortho nitro benzene ring substituents is 1. The molecule has 0 unspecified atom stereocenters. The largest absolute Gasteiger partial charge is 0.495 e. The summed E-state index contributed by atoms with van der Waals surface area (Å²) in [6, 6.07) is 10.2. The first-order chi connectivity index (χ1) is 15.5. The molecule has 1 aliphatic rings. The lowest BCUT2D eigenvalue weighted by molar-refractivity contribution is -0.384. The molecule has 0 bridgehead atoms. The lowest BCUT2D eigenvalue weighted by atomic mass is 9.97. The van der Waals surface area contributed by atoms with Crippen molar-refractivity contribution in [1.82, 2.24) is 10.2 Å². The summed E-state index contributed by atoms with van der Waals surface area (Å²) >= 11 is 6.21. The van der Waals surface area contributed by atoms with Crippen molar-refractivity contribution < 1.29 is 14.8 Å². The Morgan fingerprint density at radius 2 is 1.97 bits per heavy atom. The first-order valence-electron chi connectivity index (χ1n) is 10.4. The average molecular weight is 494 g/mol. The van der Waals surface area contributed by atoms with E-state index in [1.54, 1.807) is 25.3 Å². The molecule has 2 N–H and O–H groups in total. The third kappa shape index (κ3) is 5.38. The van der Waals surface area contributed by atoms with Crippen molar-refractivity contribution in [3.05, 3.63) is 57.1 Å². The van der Waals surface area contributed by atoms with Gasteiger partial charge >= 0.3 is 0 Å². The van der Waals surface area contributed by atoms with Crippen LogP contribution in [0.1, 0.15) is 18.4 Å². The van der Waals surface area contributed by atoms with Crippen LogP contribution in [0.4, 0.5) is 17.3 Å². The molecule has 0 atom stereocenters. The van der Waals surface area contributed by atoms with Gasteiger partial charge in [-0.2, -0.15) is 0 Å². The molecule has 9 nitrogen and oxygen atoms in total. The SMILES string of the molecule is COc1ccc(CNc2nnc(N3CCC(CO)CC3)c3ccc([N+](=O)[O-])cc23)cc1Cl.Cl. The number of hydrogen-bond acceptors (Lipinski definition) is 8. The number of benzene rings is 2. The van der Waals surface area contributed by atoms with Crippen molar-refractivity contribution in [1.29, 1.82) is 0 Å². The van der Waals surface area contributed by atoms with Crippen LogP contribution in [0.15, 0.2) is 36.4 Å². The van der Waals surface area contributed by atoms with Crippen molar-refractivity contribution >= 4 is 52.1 Å². The summed E-state index contributed by atoms with van der Waals surface area (Å²) in [5.74, 6) is 2.04. The number of nitro benzene ring substituents is 1. The Hall–Kier alpha value is -2.88. The molecule has 1 saturated heterocycles. The first-order valence-corrected chi connectivity index (χ1v) is 10.7. The minimum Gasteiger partial charge on any atom is -0.495 e. The van der Waals surface area contributed by atoms with E-state index in [2.05, 4.69) is 20.4 Å². The van der Waals surface area contributed by atoms with Crippen LogP contribution in [0.5, 0.6) is 5.75 Å². The molecule has 4 rings (SSSR count). The number of rotatable bonds is 7. The molecule has 0 saturated carbocycles. The summed E-state index contributed by atoms with van der Waals surface area (Å²) in [7, 11) is 1.56. The lowest BCUT2D eigenvalue weighted by Gasteiger charge is -2.32. The quantitative estimate of drug-likeness (QED) is 0.366. The molecule has 2 aromatic carbocycles. The van der Waals surface area contributed by atoms with Crippen LogP contribution in [0.25, 0.3) is 10.8 Å². The fraction of sp³-hybridized carbons (Fsp3) is 0.364. The number of hydrogen-bond donors (Lipinski definition) is 2. The number of nitro groups is 1. The summed E-state index contributed by atoms with van der Waals surface area (Å²) < 4.78 is 5.18. The number of anilines is 2. The number of nitrogens with zero attached hydrogens (tertiary/aromatic N) is 4. The molecular formula is C22H25Cl2N5O4. The zero-order valence-corrected chi connectivity index (χ0v) is 19.6. The van der Waals surface area contributed by atoms with Gasteiger partial charge in [-0.25, -0.2) is 0 Å². The van der Waals surface area contributed by atoms with Gasteiger partial charge in [0.2, 0.25) is 0 Å². The third-order valence-electron chi connectivity index (χ3n) is 5.80. The predicted octanol–water partition coefficient (Wildman–Crippen LogP) is 4.44. The van der Waals surface area contributed by atoms with Crippen LogP contribution in [-0.2, 0) is 6.54 Å². The van der Waals surface area contributed by atoms with Crippen molar-refractivity contribution in [2.75, 3.05) is 37.0 Å². The summed E-state index contributed by atoms with van der Waals surface area (Å²) in [5, 5.41) is 34.8. The van der Waals surface area contributed by atoms with E-state index in [0.29, 0.717) is 40.3 Å². The summed E-state index contributed by atoms with van der Waals surface area (Å²) in [6.07, 6.45) is 1.73. The van der Waals surface area contributed by atoms with Gasteiger partial charge in [0.25, 0.3) is 5.69 Å². The number of piperidine rings is 1. The van der Waals surface area contributed by atoms with Gasteiger partial charge in [0, 0.05) is 49.1 Å². The smallest absolute Gasteiger partial charge is 0.270 e. The van der Waals surface area contributed by atoms with Crippen molar-refractivity contribution in [3.63, 3.8) is 0 Å². The topological polar surface area (TPSA) is 114 Å². The Bertz CT molecular complexity index is 1140.